The van der Waals surface area contributed by atoms with E-state index in [2.05, 4.69) is 35.9 Å². The van der Waals surface area contributed by atoms with Crippen molar-refractivity contribution in [1.29, 1.82) is 0 Å². The molecule has 0 saturated heterocycles. The molecule has 0 aliphatic rings. The highest BCUT2D eigenvalue weighted by atomic mass is 16.5. The van der Waals surface area contributed by atoms with E-state index in [1.807, 2.05) is 25.1 Å². The minimum atomic E-state index is -0.355. The summed E-state index contributed by atoms with van der Waals surface area (Å²) in [5, 5.41) is 10.8. The quantitative estimate of drug-likeness (QED) is 0.888. The molecule has 114 valence electrons. The summed E-state index contributed by atoms with van der Waals surface area (Å²) in [7, 11) is 1.65. The van der Waals surface area contributed by atoms with E-state index in [1.54, 1.807) is 7.11 Å². The van der Waals surface area contributed by atoms with Crippen molar-refractivity contribution in [2.45, 2.75) is 39.5 Å². The first-order valence-electron chi connectivity index (χ1n) is 7.36. The molecule has 4 nitrogen and oxygen atoms in total. The number of hydrogen-bond donors (Lipinski definition) is 1. The number of ether oxygens (including phenoxy) is 1. The summed E-state index contributed by atoms with van der Waals surface area (Å²) in [6.07, 6.45) is -0.355. The molecule has 21 heavy (non-hydrogen) atoms. The first-order valence-corrected chi connectivity index (χ1v) is 7.36. The van der Waals surface area contributed by atoms with Gasteiger partial charge in [-0.3, -0.25) is 4.90 Å². The zero-order valence-corrected chi connectivity index (χ0v) is 13.2. The number of benzene rings is 1. The Morgan fingerprint density at radius 1 is 1.24 bits per heavy atom. The lowest BCUT2D eigenvalue weighted by Gasteiger charge is -2.28. The third-order valence-corrected chi connectivity index (χ3v) is 3.56. The molecule has 0 fully saturated rings. The number of methoxy groups -OCH3 is 1. The number of aliphatic hydroxyl groups is 1. The predicted molar refractivity (Wildman–Crippen MR) is 85.5 cm³/mol. The topological polar surface area (TPSA) is 45.6 Å². The Bertz CT molecular complexity index is 596. The molecule has 1 unspecified atom stereocenters. The Hall–Kier alpha value is -1.65. The third kappa shape index (κ3) is 3.93. The maximum Gasteiger partial charge on any atom is 0.218 e. The Morgan fingerprint density at radius 2 is 1.95 bits per heavy atom. The van der Waals surface area contributed by atoms with Gasteiger partial charge in [-0.05, 0) is 32.9 Å². The fourth-order valence-electron chi connectivity index (χ4n) is 2.45. The van der Waals surface area contributed by atoms with Crippen molar-refractivity contribution < 1.29 is 9.84 Å². The number of aliphatic hydroxyl groups excluding tert-OH is 1. The van der Waals surface area contributed by atoms with Crippen LogP contribution in [-0.4, -0.2) is 40.8 Å². The second-order valence-electron chi connectivity index (χ2n) is 5.72. The molecule has 1 atom stereocenters. The predicted octanol–water partition coefficient (Wildman–Crippen LogP) is 2.83. The van der Waals surface area contributed by atoms with Gasteiger partial charge in [-0.15, -0.1) is 0 Å². The van der Waals surface area contributed by atoms with E-state index in [9.17, 15) is 5.11 Å². The molecule has 1 aromatic carbocycles. The summed E-state index contributed by atoms with van der Waals surface area (Å²) in [4.78, 5) is 6.80. The molecule has 0 aliphatic carbocycles. The van der Waals surface area contributed by atoms with E-state index in [0.29, 0.717) is 25.0 Å². The molecule has 2 rings (SSSR count). The molecule has 0 saturated carbocycles. The van der Waals surface area contributed by atoms with Crippen molar-refractivity contribution in [3.8, 4) is 5.88 Å². The van der Waals surface area contributed by atoms with Gasteiger partial charge in [0.2, 0.25) is 5.88 Å². The smallest absolute Gasteiger partial charge is 0.218 e. The highest BCUT2D eigenvalue weighted by molar-refractivity contribution is 5.80. The van der Waals surface area contributed by atoms with E-state index in [-0.39, 0.29) is 6.10 Å². The Morgan fingerprint density at radius 3 is 2.57 bits per heavy atom. The third-order valence-electron chi connectivity index (χ3n) is 3.56. The van der Waals surface area contributed by atoms with Gasteiger partial charge in [-0.2, -0.15) is 0 Å². The van der Waals surface area contributed by atoms with E-state index >= 15 is 0 Å². The molecule has 2 aromatic rings. The van der Waals surface area contributed by atoms with Gasteiger partial charge in [0, 0.05) is 30.1 Å². The summed E-state index contributed by atoms with van der Waals surface area (Å²) in [6, 6.07) is 10.5. The molecule has 0 bridgehead atoms. The monoisotopic (exact) mass is 288 g/mol. The summed E-state index contributed by atoms with van der Waals surface area (Å²) in [5.41, 5.74) is 1.98. The number of nitrogens with zero attached hydrogens (tertiary/aromatic N) is 2. The molecule has 4 heteroatoms. The summed E-state index contributed by atoms with van der Waals surface area (Å²) < 4.78 is 5.44. The van der Waals surface area contributed by atoms with Gasteiger partial charge in [0.15, 0.2) is 0 Å². The van der Waals surface area contributed by atoms with E-state index in [0.717, 1.165) is 16.5 Å². The van der Waals surface area contributed by atoms with Crippen LogP contribution >= 0.6 is 0 Å². The van der Waals surface area contributed by atoms with Gasteiger partial charge in [-0.1, -0.05) is 18.2 Å². The van der Waals surface area contributed by atoms with Crippen LogP contribution in [0.4, 0.5) is 0 Å². The SMILES string of the molecule is COc1nc2ccccc2cc1CN(CC(C)O)C(C)C. The number of pyridine rings is 1. The lowest BCUT2D eigenvalue weighted by molar-refractivity contribution is 0.102. The molecule has 1 heterocycles. The van der Waals surface area contributed by atoms with Crippen LogP contribution in [0.25, 0.3) is 10.9 Å². The van der Waals surface area contributed by atoms with Crippen molar-refractivity contribution >= 4 is 10.9 Å². The largest absolute Gasteiger partial charge is 0.481 e. The van der Waals surface area contributed by atoms with Crippen LogP contribution in [0.2, 0.25) is 0 Å². The molecular formula is C17H24N2O2. The zero-order valence-electron chi connectivity index (χ0n) is 13.2. The fraction of sp³-hybridized carbons (Fsp3) is 0.471. The first kappa shape index (κ1) is 15.7. The fourth-order valence-corrected chi connectivity index (χ4v) is 2.45. The van der Waals surface area contributed by atoms with E-state index < -0.39 is 0 Å². The molecule has 0 aliphatic heterocycles. The maximum atomic E-state index is 9.66. The van der Waals surface area contributed by atoms with Crippen molar-refractivity contribution in [2.24, 2.45) is 0 Å². The van der Waals surface area contributed by atoms with Crippen molar-refractivity contribution in [3.05, 3.63) is 35.9 Å². The maximum absolute atomic E-state index is 9.66. The van der Waals surface area contributed by atoms with Crippen LogP contribution in [0.15, 0.2) is 30.3 Å². The van der Waals surface area contributed by atoms with Gasteiger partial charge < -0.3 is 9.84 Å². The molecule has 1 aromatic heterocycles. The number of rotatable bonds is 6. The van der Waals surface area contributed by atoms with Gasteiger partial charge in [0.1, 0.15) is 0 Å². The van der Waals surface area contributed by atoms with Crippen molar-refractivity contribution in [1.82, 2.24) is 9.88 Å². The van der Waals surface area contributed by atoms with Crippen LogP contribution < -0.4 is 4.74 Å². The van der Waals surface area contributed by atoms with E-state index in [1.165, 1.54) is 0 Å². The van der Waals surface area contributed by atoms with Crippen LogP contribution in [0.1, 0.15) is 26.3 Å². The van der Waals surface area contributed by atoms with Gasteiger partial charge >= 0.3 is 0 Å². The van der Waals surface area contributed by atoms with Crippen molar-refractivity contribution in [3.63, 3.8) is 0 Å². The minimum Gasteiger partial charge on any atom is -0.481 e. The van der Waals surface area contributed by atoms with Crippen LogP contribution in [-0.2, 0) is 6.54 Å². The number of para-hydroxylation sites is 1. The lowest BCUT2D eigenvalue weighted by atomic mass is 10.1. The van der Waals surface area contributed by atoms with Crippen LogP contribution in [0, 0.1) is 0 Å². The van der Waals surface area contributed by atoms with Gasteiger partial charge in [0.05, 0.1) is 18.7 Å². The van der Waals surface area contributed by atoms with Crippen LogP contribution in [0.3, 0.4) is 0 Å². The standard InChI is InChI=1S/C17H24N2O2/c1-12(2)19(10-13(3)20)11-15-9-14-7-5-6-8-16(14)18-17(15)21-4/h5-9,12-13,20H,10-11H2,1-4H3. The summed E-state index contributed by atoms with van der Waals surface area (Å²) in [6.45, 7) is 7.41. The molecular weight excluding hydrogens is 264 g/mol. The lowest BCUT2D eigenvalue weighted by Crippen LogP contribution is -2.36. The number of fused-ring (bicyclic) bond motifs is 1. The molecule has 1 N–H and O–H groups in total. The molecule has 0 radical (unpaired) electrons. The van der Waals surface area contributed by atoms with Crippen molar-refractivity contribution in [2.75, 3.05) is 13.7 Å². The Labute approximate surface area is 126 Å². The highest BCUT2D eigenvalue weighted by Crippen LogP contribution is 2.24. The second kappa shape index (κ2) is 6.87. The van der Waals surface area contributed by atoms with E-state index in [4.69, 9.17) is 4.74 Å². The summed E-state index contributed by atoms with van der Waals surface area (Å²) >= 11 is 0. The van der Waals surface area contributed by atoms with Crippen LogP contribution in [0.5, 0.6) is 5.88 Å². The minimum absolute atomic E-state index is 0.343. The number of aromatic nitrogens is 1. The average Bonchev–Trinajstić information content (AvgIpc) is 2.45. The Balaban J connectivity index is 2.34. The molecule has 0 spiro atoms. The normalized spacial score (nSPS) is 13.1. The zero-order chi connectivity index (χ0) is 15.4. The highest BCUT2D eigenvalue weighted by Gasteiger charge is 2.16. The Kier molecular flexibility index (Phi) is 5.15. The first-order chi connectivity index (χ1) is 10.0. The second-order valence-corrected chi connectivity index (χ2v) is 5.72. The molecule has 0 amide bonds. The average molecular weight is 288 g/mol. The number of hydrogen-bond acceptors (Lipinski definition) is 4. The van der Waals surface area contributed by atoms with Gasteiger partial charge in [0.25, 0.3) is 0 Å². The summed E-state index contributed by atoms with van der Waals surface area (Å²) in [5.74, 6) is 0.657. The van der Waals surface area contributed by atoms with Gasteiger partial charge in [-0.25, -0.2) is 4.98 Å².